The Balaban J connectivity index is 1.77. The largest absolute Gasteiger partial charge is 0.336 e. The second-order valence-corrected chi connectivity index (χ2v) is 6.84. The summed E-state index contributed by atoms with van der Waals surface area (Å²) in [7, 11) is 1.94. The maximum Gasteiger partial charge on any atom is 0.254 e. The second-order valence-electron chi connectivity index (χ2n) is 6.84. The molecular formula is C19H25N5O2. The summed E-state index contributed by atoms with van der Waals surface area (Å²) >= 11 is 0. The van der Waals surface area contributed by atoms with Gasteiger partial charge >= 0.3 is 0 Å². The van der Waals surface area contributed by atoms with Gasteiger partial charge in [-0.25, -0.2) is 4.98 Å². The van der Waals surface area contributed by atoms with Crippen LogP contribution in [0.5, 0.6) is 0 Å². The maximum atomic E-state index is 13.0. The van der Waals surface area contributed by atoms with Gasteiger partial charge in [0.25, 0.3) is 5.91 Å². The van der Waals surface area contributed by atoms with Gasteiger partial charge in [0.05, 0.1) is 0 Å². The van der Waals surface area contributed by atoms with Gasteiger partial charge in [-0.1, -0.05) is 13.8 Å². The van der Waals surface area contributed by atoms with Crippen LogP contribution in [0.1, 0.15) is 36.1 Å². The quantitative estimate of drug-likeness (QED) is 0.877. The minimum atomic E-state index is -0.100. The summed E-state index contributed by atoms with van der Waals surface area (Å²) in [5.41, 5.74) is 1.30. The maximum absolute atomic E-state index is 13.0. The third-order valence-corrected chi connectivity index (χ3v) is 4.58. The van der Waals surface area contributed by atoms with Gasteiger partial charge < -0.3 is 20.1 Å². The Morgan fingerprint density at radius 2 is 2.00 bits per heavy atom. The molecule has 26 heavy (non-hydrogen) atoms. The molecule has 138 valence electrons. The predicted octanol–water partition coefficient (Wildman–Crippen LogP) is 1.80. The summed E-state index contributed by atoms with van der Waals surface area (Å²) in [6, 6.07) is 6.96. The fourth-order valence-corrected chi connectivity index (χ4v) is 3.02. The number of carbonyl (C=O) groups is 2. The van der Waals surface area contributed by atoms with Gasteiger partial charge in [-0.15, -0.1) is 0 Å². The number of rotatable bonds is 4. The smallest absolute Gasteiger partial charge is 0.254 e. The van der Waals surface area contributed by atoms with E-state index in [1.165, 1.54) is 0 Å². The minimum Gasteiger partial charge on any atom is -0.336 e. The van der Waals surface area contributed by atoms with Crippen LogP contribution in [0.25, 0.3) is 0 Å². The van der Waals surface area contributed by atoms with Gasteiger partial charge in [0.2, 0.25) is 5.91 Å². The van der Waals surface area contributed by atoms with Crippen molar-refractivity contribution >= 4 is 17.5 Å². The SMILES string of the molecule is CC(C)C(=O)Nc1ccc(C(=O)N2CCNCC2c2nccn2C)cc1. The lowest BCUT2D eigenvalue weighted by molar-refractivity contribution is -0.118. The molecule has 0 radical (unpaired) electrons. The standard InChI is InChI=1S/C19H25N5O2/c1-13(2)18(25)22-15-6-4-14(5-7-15)19(26)24-11-8-20-12-16(24)17-21-9-10-23(17)3/h4-7,9-10,13,16,20H,8,11-12H2,1-3H3,(H,22,25). The normalized spacial score (nSPS) is 17.4. The number of amides is 2. The van der Waals surface area contributed by atoms with Crippen LogP contribution < -0.4 is 10.6 Å². The van der Waals surface area contributed by atoms with Crippen LogP contribution in [0, 0.1) is 5.92 Å². The molecule has 1 aliphatic heterocycles. The fraction of sp³-hybridized carbons (Fsp3) is 0.421. The zero-order valence-electron chi connectivity index (χ0n) is 15.4. The predicted molar refractivity (Wildman–Crippen MR) is 99.8 cm³/mol. The van der Waals surface area contributed by atoms with Gasteiger partial charge in [-0.3, -0.25) is 9.59 Å². The minimum absolute atomic E-state index is 0.0266. The molecule has 1 aromatic carbocycles. The molecule has 0 spiro atoms. The van der Waals surface area contributed by atoms with E-state index < -0.39 is 0 Å². The van der Waals surface area contributed by atoms with E-state index in [0.29, 0.717) is 24.3 Å². The highest BCUT2D eigenvalue weighted by molar-refractivity contribution is 5.96. The summed E-state index contributed by atoms with van der Waals surface area (Å²) in [6.07, 6.45) is 3.64. The molecule has 7 heteroatoms. The van der Waals surface area contributed by atoms with Crippen LogP contribution in [0.3, 0.4) is 0 Å². The van der Waals surface area contributed by atoms with Crippen molar-refractivity contribution in [2.45, 2.75) is 19.9 Å². The summed E-state index contributed by atoms with van der Waals surface area (Å²) in [5.74, 6) is 0.712. The molecule has 7 nitrogen and oxygen atoms in total. The first-order valence-electron chi connectivity index (χ1n) is 8.87. The molecule has 0 bridgehead atoms. The third-order valence-electron chi connectivity index (χ3n) is 4.58. The number of hydrogen-bond donors (Lipinski definition) is 2. The lowest BCUT2D eigenvalue weighted by Gasteiger charge is -2.35. The molecule has 0 aliphatic carbocycles. The highest BCUT2D eigenvalue weighted by Gasteiger charge is 2.31. The van der Waals surface area contributed by atoms with E-state index in [2.05, 4.69) is 15.6 Å². The Morgan fingerprint density at radius 1 is 1.27 bits per heavy atom. The third kappa shape index (κ3) is 3.77. The van der Waals surface area contributed by atoms with E-state index in [1.807, 2.05) is 36.6 Å². The van der Waals surface area contributed by atoms with E-state index in [-0.39, 0.29) is 23.8 Å². The lowest BCUT2D eigenvalue weighted by atomic mass is 10.1. The van der Waals surface area contributed by atoms with Crippen molar-refractivity contribution in [3.8, 4) is 0 Å². The number of anilines is 1. The molecule has 2 heterocycles. The molecule has 1 unspecified atom stereocenters. The zero-order valence-corrected chi connectivity index (χ0v) is 15.4. The molecule has 2 N–H and O–H groups in total. The monoisotopic (exact) mass is 355 g/mol. The number of piperazine rings is 1. The summed E-state index contributed by atoms with van der Waals surface area (Å²) in [5, 5.41) is 6.17. The summed E-state index contributed by atoms with van der Waals surface area (Å²) in [6.45, 7) is 5.75. The Morgan fingerprint density at radius 3 is 2.62 bits per heavy atom. The Labute approximate surface area is 153 Å². The van der Waals surface area contributed by atoms with Gasteiger partial charge in [0.15, 0.2) is 0 Å². The number of aromatic nitrogens is 2. The fourth-order valence-electron chi connectivity index (χ4n) is 3.02. The van der Waals surface area contributed by atoms with Gasteiger partial charge in [0, 0.05) is 56.2 Å². The van der Waals surface area contributed by atoms with Crippen molar-refractivity contribution in [2.75, 3.05) is 25.0 Å². The highest BCUT2D eigenvalue weighted by Crippen LogP contribution is 2.23. The number of hydrogen-bond acceptors (Lipinski definition) is 4. The van der Waals surface area contributed by atoms with Crippen LogP contribution in [0.15, 0.2) is 36.7 Å². The highest BCUT2D eigenvalue weighted by atomic mass is 16.2. The van der Waals surface area contributed by atoms with E-state index in [9.17, 15) is 9.59 Å². The van der Waals surface area contributed by atoms with Crippen molar-refractivity contribution < 1.29 is 9.59 Å². The van der Waals surface area contributed by atoms with Crippen molar-refractivity contribution in [3.63, 3.8) is 0 Å². The molecule has 1 atom stereocenters. The van der Waals surface area contributed by atoms with E-state index >= 15 is 0 Å². The molecule has 2 amide bonds. The van der Waals surface area contributed by atoms with Gasteiger partial charge in [-0.2, -0.15) is 0 Å². The van der Waals surface area contributed by atoms with E-state index in [1.54, 1.807) is 30.5 Å². The van der Waals surface area contributed by atoms with Crippen LogP contribution in [-0.4, -0.2) is 45.9 Å². The first kappa shape index (κ1) is 18.1. The molecule has 1 aliphatic rings. The Bertz CT molecular complexity index is 781. The number of nitrogens with zero attached hydrogens (tertiary/aromatic N) is 3. The molecular weight excluding hydrogens is 330 g/mol. The lowest BCUT2D eigenvalue weighted by Crippen LogP contribution is -2.49. The molecule has 1 aromatic heterocycles. The van der Waals surface area contributed by atoms with Crippen molar-refractivity contribution in [2.24, 2.45) is 13.0 Å². The van der Waals surface area contributed by atoms with Crippen molar-refractivity contribution in [3.05, 3.63) is 48.0 Å². The van der Waals surface area contributed by atoms with Gasteiger partial charge in [0.1, 0.15) is 11.9 Å². The number of nitrogens with one attached hydrogen (secondary N) is 2. The van der Waals surface area contributed by atoms with Crippen molar-refractivity contribution in [1.82, 2.24) is 19.8 Å². The average molecular weight is 355 g/mol. The number of imidazole rings is 1. The van der Waals surface area contributed by atoms with Crippen molar-refractivity contribution in [1.29, 1.82) is 0 Å². The van der Waals surface area contributed by atoms with Crippen LogP contribution in [-0.2, 0) is 11.8 Å². The van der Waals surface area contributed by atoms with Crippen LogP contribution in [0.2, 0.25) is 0 Å². The Hall–Kier alpha value is -2.67. The zero-order chi connectivity index (χ0) is 18.7. The average Bonchev–Trinajstić information content (AvgIpc) is 3.07. The van der Waals surface area contributed by atoms with Gasteiger partial charge in [-0.05, 0) is 24.3 Å². The first-order chi connectivity index (χ1) is 12.5. The molecule has 0 saturated carbocycles. The second kappa shape index (κ2) is 7.70. The van der Waals surface area contributed by atoms with Crippen LogP contribution in [0.4, 0.5) is 5.69 Å². The molecule has 1 fully saturated rings. The number of aryl methyl sites for hydroxylation is 1. The number of benzene rings is 1. The molecule has 2 aromatic rings. The number of carbonyl (C=O) groups excluding carboxylic acids is 2. The molecule has 1 saturated heterocycles. The van der Waals surface area contributed by atoms with Crippen LogP contribution >= 0.6 is 0 Å². The first-order valence-corrected chi connectivity index (χ1v) is 8.87. The summed E-state index contributed by atoms with van der Waals surface area (Å²) in [4.78, 5) is 31.1. The Kier molecular flexibility index (Phi) is 5.37. The summed E-state index contributed by atoms with van der Waals surface area (Å²) < 4.78 is 1.95. The van der Waals surface area contributed by atoms with E-state index in [4.69, 9.17) is 0 Å². The molecule has 3 rings (SSSR count). The topological polar surface area (TPSA) is 79.3 Å². The van der Waals surface area contributed by atoms with E-state index in [0.717, 1.165) is 12.4 Å².